The fraction of sp³-hybridized carbons (Fsp3) is 0.333. The predicted octanol–water partition coefficient (Wildman–Crippen LogP) is 2.07. The highest BCUT2D eigenvalue weighted by atomic mass is 16.5. The number of nitrogens with one attached hydrogen (secondary N) is 1. The highest BCUT2D eigenvalue weighted by Gasteiger charge is 2.43. The summed E-state index contributed by atoms with van der Waals surface area (Å²) in [5.41, 5.74) is 1.43. The molecule has 0 aliphatic heterocycles. The lowest BCUT2D eigenvalue weighted by Gasteiger charge is -2.28. The molecule has 0 heterocycles. The Morgan fingerprint density at radius 1 is 0.688 bits per heavy atom. The van der Waals surface area contributed by atoms with E-state index in [2.05, 4.69) is 5.32 Å². The van der Waals surface area contributed by atoms with Crippen molar-refractivity contribution in [2.24, 2.45) is 11.8 Å². The van der Waals surface area contributed by atoms with Gasteiger partial charge in [-0.15, -0.1) is 0 Å². The zero-order valence-electron chi connectivity index (χ0n) is 18.4. The van der Waals surface area contributed by atoms with Crippen LogP contribution >= 0.6 is 0 Å². The number of carbonyl (C=O) groups excluding carboxylic acids is 4. The number of benzene rings is 2. The molecule has 0 aliphatic carbocycles. The predicted molar refractivity (Wildman–Crippen MR) is 115 cm³/mol. The molecule has 170 valence electrons. The first-order valence-electron chi connectivity index (χ1n) is 9.99. The Morgan fingerprint density at radius 2 is 1.09 bits per heavy atom. The second-order valence-electron chi connectivity index (χ2n) is 7.15. The maximum absolute atomic E-state index is 13.4. The lowest BCUT2D eigenvalue weighted by molar-refractivity contribution is -0.163. The summed E-state index contributed by atoms with van der Waals surface area (Å²) in [5.74, 6) is -6.21. The number of methoxy groups -OCH3 is 3. The number of carbonyl (C=O) groups is 4. The van der Waals surface area contributed by atoms with E-state index in [0.29, 0.717) is 11.1 Å². The molecule has 0 saturated heterocycles. The Balaban J connectivity index is 2.43. The van der Waals surface area contributed by atoms with Gasteiger partial charge in [0.1, 0.15) is 6.04 Å². The average Bonchev–Trinajstić information content (AvgIpc) is 2.83. The molecular formula is C24H27NO7. The molecule has 2 aromatic rings. The second kappa shape index (κ2) is 11.6. The maximum atomic E-state index is 13.4. The highest BCUT2D eigenvalue weighted by Crippen LogP contribution is 2.27. The Morgan fingerprint density at radius 3 is 1.47 bits per heavy atom. The van der Waals surface area contributed by atoms with E-state index >= 15 is 0 Å². The van der Waals surface area contributed by atoms with Crippen LogP contribution in [0.5, 0.6) is 0 Å². The van der Waals surface area contributed by atoms with Crippen LogP contribution in [-0.2, 0) is 33.4 Å². The number of rotatable bonds is 9. The smallest absolute Gasteiger partial charge is 0.328 e. The van der Waals surface area contributed by atoms with E-state index in [9.17, 15) is 19.2 Å². The molecule has 0 unspecified atom stereocenters. The molecule has 32 heavy (non-hydrogen) atoms. The van der Waals surface area contributed by atoms with Crippen molar-refractivity contribution in [1.29, 1.82) is 0 Å². The van der Waals surface area contributed by atoms with Crippen molar-refractivity contribution in [3.05, 3.63) is 71.8 Å². The summed E-state index contributed by atoms with van der Waals surface area (Å²) in [5, 5.41) is 2.67. The summed E-state index contributed by atoms with van der Waals surface area (Å²) < 4.78 is 14.3. The topological polar surface area (TPSA) is 108 Å². The van der Waals surface area contributed by atoms with E-state index < -0.39 is 47.6 Å². The first kappa shape index (κ1) is 24.6. The van der Waals surface area contributed by atoms with Gasteiger partial charge in [-0.05, 0) is 11.1 Å². The van der Waals surface area contributed by atoms with Crippen LogP contribution < -0.4 is 5.32 Å². The summed E-state index contributed by atoms with van der Waals surface area (Å²) in [7, 11) is 3.40. The molecule has 2 atom stereocenters. The van der Waals surface area contributed by atoms with E-state index in [-0.39, 0.29) is 0 Å². The van der Waals surface area contributed by atoms with Crippen LogP contribution in [0.3, 0.4) is 0 Å². The quantitative estimate of drug-likeness (QED) is 0.361. The summed E-state index contributed by atoms with van der Waals surface area (Å²) in [6.07, 6.45) is 0. The number of hydrogen-bond acceptors (Lipinski definition) is 7. The van der Waals surface area contributed by atoms with E-state index in [1.54, 1.807) is 24.3 Å². The van der Waals surface area contributed by atoms with Crippen molar-refractivity contribution < 1.29 is 33.4 Å². The third kappa shape index (κ3) is 5.72. The molecule has 0 spiro atoms. The van der Waals surface area contributed by atoms with Gasteiger partial charge in [-0.25, -0.2) is 4.79 Å². The van der Waals surface area contributed by atoms with Crippen LogP contribution in [0.25, 0.3) is 0 Å². The van der Waals surface area contributed by atoms with Crippen LogP contribution in [0, 0.1) is 11.8 Å². The Bertz CT molecular complexity index is 874. The molecule has 0 aromatic heterocycles. The molecule has 0 saturated carbocycles. The molecular weight excluding hydrogens is 414 g/mol. The molecule has 0 aliphatic rings. The lowest BCUT2D eigenvalue weighted by Crippen LogP contribution is -2.52. The standard InChI is InChI=1S/C24H27NO7/c1-15(18(22(27)30-2)23(28)31-3)20(24(29)32-4)25-21(26)19(16-11-7-5-8-12-16)17-13-9-6-10-14-17/h5-15,18-20H,1-4H3,(H,25,26)/t15-,20-/m1/s1. The summed E-state index contributed by atoms with van der Waals surface area (Å²) in [4.78, 5) is 50.5. The summed E-state index contributed by atoms with van der Waals surface area (Å²) in [6, 6.07) is 16.8. The molecule has 8 nitrogen and oxygen atoms in total. The zero-order chi connectivity index (χ0) is 23.7. The monoisotopic (exact) mass is 441 g/mol. The largest absolute Gasteiger partial charge is 0.468 e. The fourth-order valence-corrected chi connectivity index (χ4v) is 3.53. The van der Waals surface area contributed by atoms with Gasteiger partial charge in [0.2, 0.25) is 5.91 Å². The Hall–Kier alpha value is -3.68. The van der Waals surface area contributed by atoms with E-state index in [1.807, 2.05) is 36.4 Å². The van der Waals surface area contributed by atoms with Crippen LogP contribution in [0.2, 0.25) is 0 Å². The fourth-order valence-electron chi connectivity index (χ4n) is 3.53. The number of esters is 3. The van der Waals surface area contributed by atoms with Gasteiger partial charge in [0.25, 0.3) is 0 Å². The molecule has 8 heteroatoms. The minimum atomic E-state index is -1.43. The molecule has 0 radical (unpaired) electrons. The van der Waals surface area contributed by atoms with Crippen molar-refractivity contribution in [2.75, 3.05) is 21.3 Å². The molecule has 2 aromatic carbocycles. The van der Waals surface area contributed by atoms with Crippen LogP contribution in [-0.4, -0.2) is 51.2 Å². The summed E-state index contributed by atoms with van der Waals surface area (Å²) in [6.45, 7) is 1.47. The zero-order valence-corrected chi connectivity index (χ0v) is 18.4. The summed E-state index contributed by atoms with van der Waals surface area (Å²) >= 11 is 0. The third-order valence-electron chi connectivity index (χ3n) is 5.24. The highest BCUT2D eigenvalue weighted by molar-refractivity contribution is 5.97. The van der Waals surface area contributed by atoms with Gasteiger partial charge in [0, 0.05) is 5.92 Å². The first-order valence-corrected chi connectivity index (χ1v) is 9.99. The number of ether oxygens (including phenoxy) is 3. The Kier molecular flexibility index (Phi) is 8.95. The van der Waals surface area contributed by atoms with Crippen molar-refractivity contribution in [3.63, 3.8) is 0 Å². The van der Waals surface area contributed by atoms with Gasteiger partial charge in [-0.2, -0.15) is 0 Å². The molecule has 2 rings (SSSR count). The van der Waals surface area contributed by atoms with Crippen molar-refractivity contribution in [3.8, 4) is 0 Å². The molecule has 1 N–H and O–H groups in total. The van der Waals surface area contributed by atoms with Gasteiger partial charge in [0.15, 0.2) is 5.92 Å². The lowest BCUT2D eigenvalue weighted by atomic mass is 9.85. The van der Waals surface area contributed by atoms with E-state index in [0.717, 1.165) is 21.3 Å². The van der Waals surface area contributed by atoms with Crippen molar-refractivity contribution in [1.82, 2.24) is 5.32 Å². The first-order chi connectivity index (χ1) is 15.3. The SMILES string of the molecule is COC(=O)C(C(=O)OC)[C@@H](C)[C@@H](NC(=O)C(c1ccccc1)c1ccccc1)C(=O)OC. The van der Waals surface area contributed by atoms with Gasteiger partial charge in [-0.1, -0.05) is 67.6 Å². The minimum absolute atomic E-state index is 0.488. The minimum Gasteiger partial charge on any atom is -0.468 e. The van der Waals surface area contributed by atoms with Crippen LogP contribution in [0.1, 0.15) is 24.0 Å². The maximum Gasteiger partial charge on any atom is 0.328 e. The molecule has 1 amide bonds. The van der Waals surface area contributed by atoms with E-state index in [4.69, 9.17) is 14.2 Å². The van der Waals surface area contributed by atoms with Gasteiger partial charge in [-0.3, -0.25) is 14.4 Å². The molecule has 0 fully saturated rings. The van der Waals surface area contributed by atoms with Gasteiger partial charge in [0.05, 0.1) is 27.2 Å². The number of amides is 1. The van der Waals surface area contributed by atoms with Gasteiger partial charge >= 0.3 is 17.9 Å². The number of hydrogen-bond donors (Lipinski definition) is 1. The average molecular weight is 441 g/mol. The normalized spacial score (nSPS) is 12.6. The molecule has 0 bridgehead atoms. The van der Waals surface area contributed by atoms with Crippen molar-refractivity contribution in [2.45, 2.75) is 18.9 Å². The second-order valence-corrected chi connectivity index (χ2v) is 7.15. The Labute approximate surface area is 186 Å². The van der Waals surface area contributed by atoms with Gasteiger partial charge < -0.3 is 19.5 Å². The van der Waals surface area contributed by atoms with Crippen LogP contribution in [0.15, 0.2) is 60.7 Å². The van der Waals surface area contributed by atoms with E-state index in [1.165, 1.54) is 6.92 Å². The van der Waals surface area contributed by atoms with Crippen molar-refractivity contribution >= 4 is 23.8 Å². The third-order valence-corrected chi connectivity index (χ3v) is 5.24. The van der Waals surface area contributed by atoms with Crippen LogP contribution in [0.4, 0.5) is 0 Å².